The number of carbonyl (C=O) groups is 1. The number of benzene rings is 1. The minimum Gasteiger partial charge on any atom is -0.465 e. The standard InChI is InChI=1S/C10H8BrF3O2/c1-16-9(15)7-4-2-3-6(5-11)8(7)10(12,13)14/h2-4H,5H2,1H3. The van der Waals surface area contributed by atoms with E-state index in [0.29, 0.717) is 0 Å². The Morgan fingerprint density at radius 3 is 2.50 bits per heavy atom. The number of hydrogen-bond acceptors (Lipinski definition) is 2. The maximum absolute atomic E-state index is 12.8. The molecular formula is C10H8BrF3O2. The van der Waals surface area contributed by atoms with Gasteiger partial charge in [0.15, 0.2) is 0 Å². The van der Waals surface area contributed by atoms with E-state index in [4.69, 9.17) is 0 Å². The summed E-state index contributed by atoms with van der Waals surface area (Å²) in [6.07, 6.45) is -4.58. The van der Waals surface area contributed by atoms with Crippen LogP contribution in [0.15, 0.2) is 18.2 Å². The smallest absolute Gasteiger partial charge is 0.417 e. The highest BCUT2D eigenvalue weighted by Gasteiger charge is 2.37. The third kappa shape index (κ3) is 2.55. The van der Waals surface area contributed by atoms with Crippen molar-refractivity contribution in [3.63, 3.8) is 0 Å². The van der Waals surface area contributed by atoms with Crippen LogP contribution in [-0.4, -0.2) is 13.1 Å². The predicted octanol–water partition coefficient (Wildman–Crippen LogP) is 3.39. The molecule has 0 saturated heterocycles. The van der Waals surface area contributed by atoms with E-state index in [-0.39, 0.29) is 10.9 Å². The summed E-state index contributed by atoms with van der Waals surface area (Å²) in [6.45, 7) is 0. The Kier molecular flexibility index (Phi) is 3.96. The van der Waals surface area contributed by atoms with Crippen molar-refractivity contribution in [1.82, 2.24) is 0 Å². The van der Waals surface area contributed by atoms with Crippen molar-refractivity contribution >= 4 is 21.9 Å². The summed E-state index contributed by atoms with van der Waals surface area (Å²) in [5, 5.41) is 0.0205. The highest BCUT2D eigenvalue weighted by Crippen LogP contribution is 2.35. The van der Waals surface area contributed by atoms with E-state index in [0.717, 1.165) is 13.2 Å². The summed E-state index contributed by atoms with van der Waals surface area (Å²) in [5.41, 5.74) is -1.40. The van der Waals surface area contributed by atoms with E-state index in [1.165, 1.54) is 12.1 Å². The zero-order valence-electron chi connectivity index (χ0n) is 8.27. The molecule has 0 aromatic heterocycles. The van der Waals surface area contributed by atoms with Gasteiger partial charge in [-0.2, -0.15) is 13.2 Å². The van der Waals surface area contributed by atoms with Gasteiger partial charge in [0.2, 0.25) is 0 Å². The Balaban J connectivity index is 3.44. The highest BCUT2D eigenvalue weighted by atomic mass is 79.9. The van der Waals surface area contributed by atoms with E-state index in [1.54, 1.807) is 0 Å². The summed E-state index contributed by atoms with van der Waals surface area (Å²) in [7, 11) is 1.04. The lowest BCUT2D eigenvalue weighted by atomic mass is 10.0. The average molecular weight is 297 g/mol. The molecule has 0 atom stereocenters. The summed E-state index contributed by atoms with van der Waals surface area (Å²) in [6, 6.07) is 3.79. The van der Waals surface area contributed by atoms with Crippen molar-refractivity contribution in [2.45, 2.75) is 11.5 Å². The predicted molar refractivity (Wildman–Crippen MR) is 55.4 cm³/mol. The van der Waals surface area contributed by atoms with Crippen molar-refractivity contribution in [3.8, 4) is 0 Å². The molecule has 88 valence electrons. The SMILES string of the molecule is COC(=O)c1cccc(CBr)c1C(F)(F)F. The number of alkyl halides is 4. The van der Waals surface area contributed by atoms with Crippen molar-refractivity contribution in [3.05, 3.63) is 34.9 Å². The molecule has 0 aliphatic heterocycles. The zero-order chi connectivity index (χ0) is 12.3. The van der Waals surface area contributed by atoms with Gasteiger partial charge in [-0.3, -0.25) is 0 Å². The Hall–Kier alpha value is -1.04. The van der Waals surface area contributed by atoms with Gasteiger partial charge in [0.1, 0.15) is 0 Å². The van der Waals surface area contributed by atoms with Crippen molar-refractivity contribution < 1.29 is 22.7 Å². The van der Waals surface area contributed by atoms with Crippen LogP contribution >= 0.6 is 15.9 Å². The molecule has 0 amide bonds. The lowest BCUT2D eigenvalue weighted by Crippen LogP contribution is -2.16. The number of hydrogen-bond donors (Lipinski definition) is 0. The minimum absolute atomic E-state index is 0.00963. The maximum Gasteiger partial charge on any atom is 0.417 e. The molecule has 1 aromatic carbocycles. The number of halogens is 4. The molecule has 6 heteroatoms. The van der Waals surface area contributed by atoms with Crippen molar-refractivity contribution in [1.29, 1.82) is 0 Å². The first-order chi connectivity index (χ1) is 7.41. The summed E-state index contributed by atoms with van der Waals surface area (Å²) >= 11 is 2.95. The molecule has 0 spiro atoms. The molecule has 0 N–H and O–H groups in total. The van der Waals surface area contributed by atoms with E-state index in [2.05, 4.69) is 20.7 Å². The van der Waals surface area contributed by atoms with Crippen molar-refractivity contribution in [2.24, 2.45) is 0 Å². The summed E-state index contributed by atoms with van der Waals surface area (Å²) in [5.74, 6) is -0.991. The number of methoxy groups -OCH3 is 1. The molecule has 0 aliphatic rings. The van der Waals surface area contributed by atoms with Crippen LogP contribution in [0.4, 0.5) is 13.2 Å². The van der Waals surface area contributed by atoms with Crippen LogP contribution in [0.25, 0.3) is 0 Å². The maximum atomic E-state index is 12.8. The van der Waals surface area contributed by atoms with E-state index < -0.39 is 23.3 Å². The van der Waals surface area contributed by atoms with Gasteiger partial charge in [-0.1, -0.05) is 28.1 Å². The second kappa shape index (κ2) is 4.86. The molecule has 0 radical (unpaired) electrons. The van der Waals surface area contributed by atoms with Crippen LogP contribution in [0.3, 0.4) is 0 Å². The van der Waals surface area contributed by atoms with Gasteiger partial charge in [-0.25, -0.2) is 4.79 Å². The topological polar surface area (TPSA) is 26.3 Å². The van der Waals surface area contributed by atoms with Crippen LogP contribution in [0.1, 0.15) is 21.5 Å². The van der Waals surface area contributed by atoms with Crippen LogP contribution in [0.5, 0.6) is 0 Å². The zero-order valence-corrected chi connectivity index (χ0v) is 9.85. The molecule has 0 bridgehead atoms. The Labute approximate surface area is 98.5 Å². The Morgan fingerprint density at radius 1 is 1.44 bits per heavy atom. The first-order valence-electron chi connectivity index (χ1n) is 4.25. The lowest BCUT2D eigenvalue weighted by molar-refractivity contribution is -0.138. The number of esters is 1. The fraction of sp³-hybridized carbons (Fsp3) is 0.300. The second-order valence-corrected chi connectivity index (χ2v) is 3.52. The van der Waals surface area contributed by atoms with Crippen LogP contribution in [-0.2, 0) is 16.2 Å². The molecular weight excluding hydrogens is 289 g/mol. The molecule has 0 fully saturated rings. The average Bonchev–Trinajstić information content (AvgIpc) is 2.25. The van der Waals surface area contributed by atoms with Gasteiger partial charge in [-0.15, -0.1) is 0 Å². The number of carbonyl (C=O) groups excluding carboxylic acids is 1. The van der Waals surface area contributed by atoms with Crippen molar-refractivity contribution in [2.75, 3.05) is 7.11 Å². The molecule has 0 heterocycles. The number of rotatable bonds is 2. The largest absolute Gasteiger partial charge is 0.465 e. The Bertz CT molecular complexity index is 402. The first kappa shape index (κ1) is 13.0. The minimum atomic E-state index is -4.58. The van der Waals surface area contributed by atoms with Crippen LogP contribution < -0.4 is 0 Å². The van der Waals surface area contributed by atoms with E-state index in [1.807, 2.05) is 0 Å². The third-order valence-corrected chi connectivity index (χ3v) is 2.59. The molecule has 1 aromatic rings. The second-order valence-electron chi connectivity index (χ2n) is 2.96. The third-order valence-electron chi connectivity index (χ3n) is 1.98. The van der Waals surface area contributed by atoms with E-state index in [9.17, 15) is 18.0 Å². The number of ether oxygens (including phenoxy) is 1. The molecule has 0 aliphatic carbocycles. The van der Waals surface area contributed by atoms with Crippen LogP contribution in [0.2, 0.25) is 0 Å². The monoisotopic (exact) mass is 296 g/mol. The summed E-state index contributed by atoms with van der Waals surface area (Å²) in [4.78, 5) is 11.2. The normalized spacial score (nSPS) is 11.3. The fourth-order valence-corrected chi connectivity index (χ4v) is 1.79. The molecule has 0 saturated carbocycles. The van der Waals surface area contributed by atoms with E-state index >= 15 is 0 Å². The van der Waals surface area contributed by atoms with Gasteiger partial charge in [0.25, 0.3) is 0 Å². The van der Waals surface area contributed by atoms with Gasteiger partial charge in [0.05, 0.1) is 18.2 Å². The highest BCUT2D eigenvalue weighted by molar-refractivity contribution is 9.08. The fourth-order valence-electron chi connectivity index (χ4n) is 1.33. The van der Waals surface area contributed by atoms with Crippen LogP contribution in [0, 0.1) is 0 Å². The molecule has 16 heavy (non-hydrogen) atoms. The Morgan fingerprint density at radius 2 is 2.06 bits per heavy atom. The van der Waals surface area contributed by atoms with Gasteiger partial charge < -0.3 is 4.74 Å². The lowest BCUT2D eigenvalue weighted by Gasteiger charge is -2.14. The van der Waals surface area contributed by atoms with Gasteiger partial charge >= 0.3 is 12.1 Å². The molecule has 1 rings (SSSR count). The van der Waals surface area contributed by atoms with Gasteiger partial charge in [-0.05, 0) is 11.6 Å². The summed E-state index contributed by atoms with van der Waals surface area (Å²) < 4.78 is 42.6. The first-order valence-corrected chi connectivity index (χ1v) is 5.37. The quantitative estimate of drug-likeness (QED) is 0.618. The molecule has 0 unspecified atom stereocenters. The molecule has 2 nitrogen and oxygen atoms in total. The van der Waals surface area contributed by atoms with Gasteiger partial charge in [0, 0.05) is 5.33 Å².